The summed E-state index contributed by atoms with van der Waals surface area (Å²) in [5, 5.41) is 2.50. The lowest BCUT2D eigenvalue weighted by Crippen LogP contribution is -2.20. The Labute approximate surface area is 150 Å². The van der Waals surface area contributed by atoms with E-state index in [1.54, 1.807) is 19.1 Å². The van der Waals surface area contributed by atoms with Crippen molar-refractivity contribution in [1.82, 2.24) is 9.97 Å². The fraction of sp³-hybridized carbons (Fsp3) is 0.167. The maximum absolute atomic E-state index is 12.2. The van der Waals surface area contributed by atoms with E-state index in [9.17, 15) is 14.4 Å². The Hall–Kier alpha value is -3.55. The molecule has 1 heterocycles. The van der Waals surface area contributed by atoms with Gasteiger partial charge in [-0.05, 0) is 13.8 Å². The number of nitrogens with two attached hydrogens (primary N) is 1. The molecule has 0 saturated heterocycles. The van der Waals surface area contributed by atoms with Gasteiger partial charge in [-0.25, -0.2) is 14.8 Å². The average Bonchev–Trinajstić information content (AvgIpc) is 2.62. The van der Waals surface area contributed by atoms with Crippen LogP contribution in [-0.2, 0) is 14.3 Å². The van der Waals surface area contributed by atoms with Crippen LogP contribution in [-0.4, -0.2) is 34.4 Å². The average molecular weight is 354 g/mol. The van der Waals surface area contributed by atoms with E-state index in [1.165, 1.54) is 13.1 Å². The first-order chi connectivity index (χ1) is 12.4. The molecule has 0 radical (unpaired) electrons. The summed E-state index contributed by atoms with van der Waals surface area (Å²) in [5.74, 6) is -1.73. The molecule has 0 aliphatic carbocycles. The Morgan fingerprint density at radius 3 is 2.54 bits per heavy atom. The molecule has 0 aliphatic heterocycles. The number of carbonyl (C=O) groups is 3. The summed E-state index contributed by atoms with van der Waals surface area (Å²) < 4.78 is 4.96. The molecule has 0 unspecified atom stereocenters. The molecule has 2 amide bonds. The van der Waals surface area contributed by atoms with Crippen LogP contribution in [0.1, 0.15) is 24.2 Å². The highest BCUT2D eigenvalue weighted by Crippen LogP contribution is 2.20. The van der Waals surface area contributed by atoms with Gasteiger partial charge in [0.25, 0.3) is 5.91 Å². The second-order valence-corrected chi connectivity index (χ2v) is 5.23. The Balaban J connectivity index is 2.43. The van der Waals surface area contributed by atoms with Crippen LogP contribution in [0, 0.1) is 0 Å². The third-order valence-corrected chi connectivity index (χ3v) is 3.26. The largest absolute Gasteiger partial charge is 0.462 e. The van der Waals surface area contributed by atoms with Gasteiger partial charge in [0, 0.05) is 23.4 Å². The molecule has 2 rings (SSSR count). The Bertz CT molecular complexity index is 863. The normalized spacial score (nSPS) is 10.9. The number of esters is 1. The first-order valence-corrected chi connectivity index (χ1v) is 7.81. The van der Waals surface area contributed by atoms with Crippen LogP contribution < -0.4 is 11.1 Å². The topological polar surface area (TPSA) is 124 Å². The highest BCUT2D eigenvalue weighted by Gasteiger charge is 2.19. The van der Waals surface area contributed by atoms with Crippen molar-refractivity contribution in [3.63, 3.8) is 0 Å². The lowest BCUT2D eigenvalue weighted by molar-refractivity contribution is -0.115. The number of hydrogen-bond donors (Lipinski definition) is 2. The third-order valence-electron chi connectivity index (χ3n) is 3.26. The molecule has 134 valence electrons. The lowest BCUT2D eigenvalue weighted by atomic mass is 10.2. The molecule has 1 aromatic carbocycles. The van der Waals surface area contributed by atoms with Gasteiger partial charge in [-0.2, -0.15) is 0 Å². The van der Waals surface area contributed by atoms with Gasteiger partial charge < -0.3 is 15.8 Å². The lowest BCUT2D eigenvalue weighted by Gasteiger charge is -2.11. The maximum atomic E-state index is 12.2. The minimum atomic E-state index is -0.754. The first-order valence-electron chi connectivity index (χ1n) is 7.81. The molecule has 0 saturated carbocycles. The zero-order chi connectivity index (χ0) is 19.1. The fourth-order valence-electron chi connectivity index (χ4n) is 2.05. The second-order valence-electron chi connectivity index (χ2n) is 5.23. The summed E-state index contributed by atoms with van der Waals surface area (Å²) in [6.07, 6.45) is 2.27. The van der Waals surface area contributed by atoms with Crippen molar-refractivity contribution in [3.05, 3.63) is 53.7 Å². The summed E-state index contributed by atoms with van der Waals surface area (Å²) in [5.41, 5.74) is 5.84. The zero-order valence-corrected chi connectivity index (χ0v) is 14.4. The molecule has 26 heavy (non-hydrogen) atoms. The molecule has 8 heteroatoms. The number of carbonyl (C=O) groups excluding carboxylic acids is 3. The van der Waals surface area contributed by atoms with Crippen molar-refractivity contribution < 1.29 is 19.1 Å². The minimum absolute atomic E-state index is 0.00626. The van der Waals surface area contributed by atoms with Gasteiger partial charge >= 0.3 is 5.97 Å². The smallest absolute Gasteiger partial charge is 0.343 e. The number of benzene rings is 1. The number of rotatable bonds is 6. The van der Waals surface area contributed by atoms with E-state index in [2.05, 4.69) is 15.3 Å². The van der Waals surface area contributed by atoms with Crippen LogP contribution in [0.3, 0.4) is 0 Å². The number of aromatic nitrogens is 2. The van der Waals surface area contributed by atoms with E-state index >= 15 is 0 Å². The number of amides is 2. The third kappa shape index (κ3) is 4.73. The Morgan fingerprint density at radius 1 is 1.23 bits per heavy atom. The van der Waals surface area contributed by atoms with Crippen molar-refractivity contribution >= 4 is 23.6 Å². The molecule has 1 aromatic heterocycles. The molecule has 0 fully saturated rings. The first kappa shape index (κ1) is 18.8. The fourth-order valence-corrected chi connectivity index (χ4v) is 2.05. The van der Waals surface area contributed by atoms with Crippen LogP contribution in [0.5, 0.6) is 0 Å². The van der Waals surface area contributed by atoms with Gasteiger partial charge in [-0.15, -0.1) is 0 Å². The molecular weight excluding hydrogens is 336 g/mol. The molecule has 3 N–H and O–H groups in total. The summed E-state index contributed by atoms with van der Waals surface area (Å²) in [6.45, 7) is 3.24. The summed E-state index contributed by atoms with van der Waals surface area (Å²) in [6, 6.07) is 9.06. The SMILES string of the molecule is CCOC(=O)c1cnc(-c2ccccc2)nc1NC(=O)/C(C)=C\C(N)=O. The predicted octanol–water partition coefficient (Wildman–Crippen LogP) is 1.69. The van der Waals surface area contributed by atoms with Crippen molar-refractivity contribution in [2.24, 2.45) is 5.73 Å². The maximum Gasteiger partial charge on any atom is 0.343 e. The van der Waals surface area contributed by atoms with Crippen molar-refractivity contribution in [2.75, 3.05) is 11.9 Å². The standard InChI is InChI=1S/C18H18N4O4/c1-3-26-18(25)13-10-20-15(12-7-5-4-6-8-12)21-16(13)22-17(24)11(2)9-14(19)23/h4-10H,3H2,1-2H3,(H2,19,23)(H,20,21,22,24)/b11-9-. The number of primary amides is 1. The Kier molecular flexibility index (Phi) is 6.15. The zero-order valence-electron chi connectivity index (χ0n) is 14.4. The summed E-state index contributed by atoms with van der Waals surface area (Å²) >= 11 is 0. The van der Waals surface area contributed by atoms with E-state index in [0.29, 0.717) is 11.4 Å². The van der Waals surface area contributed by atoms with Crippen LogP contribution in [0.4, 0.5) is 5.82 Å². The molecular formula is C18H18N4O4. The molecule has 0 atom stereocenters. The second kappa shape index (κ2) is 8.52. The van der Waals surface area contributed by atoms with Gasteiger partial charge in [0.2, 0.25) is 5.91 Å². The van der Waals surface area contributed by atoms with Gasteiger partial charge in [0.1, 0.15) is 5.56 Å². The van der Waals surface area contributed by atoms with E-state index in [0.717, 1.165) is 6.08 Å². The van der Waals surface area contributed by atoms with E-state index < -0.39 is 17.8 Å². The van der Waals surface area contributed by atoms with Crippen LogP contribution >= 0.6 is 0 Å². The van der Waals surface area contributed by atoms with Crippen LogP contribution in [0.25, 0.3) is 11.4 Å². The van der Waals surface area contributed by atoms with E-state index in [-0.39, 0.29) is 23.6 Å². The van der Waals surface area contributed by atoms with Crippen LogP contribution in [0.2, 0.25) is 0 Å². The number of nitrogens with one attached hydrogen (secondary N) is 1. The van der Waals surface area contributed by atoms with Gasteiger partial charge in [0.15, 0.2) is 11.6 Å². The van der Waals surface area contributed by atoms with Gasteiger partial charge in [-0.3, -0.25) is 9.59 Å². The molecule has 0 bridgehead atoms. The summed E-state index contributed by atoms with van der Waals surface area (Å²) in [7, 11) is 0. The number of hydrogen-bond acceptors (Lipinski definition) is 6. The number of nitrogens with zero attached hydrogens (tertiary/aromatic N) is 2. The van der Waals surface area contributed by atoms with Crippen LogP contribution in [0.15, 0.2) is 48.2 Å². The van der Waals surface area contributed by atoms with Crippen molar-refractivity contribution in [3.8, 4) is 11.4 Å². The Morgan fingerprint density at radius 2 is 1.92 bits per heavy atom. The number of anilines is 1. The van der Waals surface area contributed by atoms with E-state index in [4.69, 9.17) is 10.5 Å². The highest BCUT2D eigenvalue weighted by atomic mass is 16.5. The van der Waals surface area contributed by atoms with Crippen molar-refractivity contribution in [1.29, 1.82) is 0 Å². The molecule has 0 aliphatic rings. The predicted molar refractivity (Wildman–Crippen MR) is 95.0 cm³/mol. The molecule has 0 spiro atoms. The van der Waals surface area contributed by atoms with Gasteiger partial charge in [-0.1, -0.05) is 30.3 Å². The highest BCUT2D eigenvalue weighted by molar-refractivity contribution is 6.09. The van der Waals surface area contributed by atoms with E-state index in [1.807, 2.05) is 18.2 Å². The monoisotopic (exact) mass is 354 g/mol. The summed E-state index contributed by atoms with van der Waals surface area (Å²) in [4.78, 5) is 43.7. The number of ether oxygens (including phenoxy) is 1. The molecule has 2 aromatic rings. The molecule has 8 nitrogen and oxygen atoms in total. The van der Waals surface area contributed by atoms with Gasteiger partial charge in [0.05, 0.1) is 6.61 Å². The van der Waals surface area contributed by atoms with Crippen molar-refractivity contribution in [2.45, 2.75) is 13.8 Å². The quantitative estimate of drug-likeness (QED) is 0.601. The minimum Gasteiger partial charge on any atom is -0.462 e.